The SMILES string of the molecule is [C-]#[N+]c1cccc(Oc2c(-c3cnn(C4CCNCC4)c3)ccc3c2CC[C@H](C)N3C(=O)C2CC2)c1. The van der Waals surface area contributed by atoms with Crippen molar-refractivity contribution in [3.8, 4) is 22.6 Å². The third-order valence-electron chi connectivity index (χ3n) is 7.67. The number of benzene rings is 2. The van der Waals surface area contributed by atoms with Gasteiger partial charge in [-0.2, -0.15) is 5.10 Å². The first-order chi connectivity index (χ1) is 17.6. The number of nitrogens with one attached hydrogen (secondary N) is 1. The van der Waals surface area contributed by atoms with Crippen LogP contribution < -0.4 is 15.0 Å². The fraction of sp³-hybridized carbons (Fsp3) is 0.414. The summed E-state index contributed by atoms with van der Waals surface area (Å²) in [5, 5.41) is 8.14. The van der Waals surface area contributed by atoms with Gasteiger partial charge < -0.3 is 15.0 Å². The highest BCUT2D eigenvalue weighted by Gasteiger charge is 2.39. The smallest absolute Gasteiger partial charge is 0.230 e. The van der Waals surface area contributed by atoms with Crippen molar-refractivity contribution in [3.05, 3.63) is 65.8 Å². The van der Waals surface area contributed by atoms with Gasteiger partial charge in [0, 0.05) is 34.8 Å². The molecule has 184 valence electrons. The number of fused-ring (bicyclic) bond motifs is 1. The first-order valence-electron chi connectivity index (χ1n) is 13.0. The molecule has 1 N–H and O–H groups in total. The van der Waals surface area contributed by atoms with Gasteiger partial charge in [-0.3, -0.25) is 9.48 Å². The second-order valence-corrected chi connectivity index (χ2v) is 10.2. The van der Waals surface area contributed by atoms with E-state index in [9.17, 15) is 4.79 Å². The number of carbonyl (C=O) groups is 1. The van der Waals surface area contributed by atoms with E-state index >= 15 is 0 Å². The van der Waals surface area contributed by atoms with Crippen LogP contribution in [0.5, 0.6) is 11.5 Å². The van der Waals surface area contributed by atoms with E-state index in [0.717, 1.165) is 79.7 Å². The van der Waals surface area contributed by atoms with E-state index in [1.807, 2.05) is 23.2 Å². The molecule has 6 rings (SSSR count). The standard InChI is InChI=1S/C29H31N5O2/c1-19-6-9-26-27(34(19)29(35)20-7-8-20)11-10-25(28(26)36-24-5-3-4-22(16-24)30-2)21-17-32-33(18-21)23-12-14-31-15-13-23/h3-5,10-11,16-20,23,31H,6-9,12-15H2,1H3/t19-/m0/s1. The van der Waals surface area contributed by atoms with Gasteiger partial charge in [-0.25, -0.2) is 4.85 Å². The van der Waals surface area contributed by atoms with Crippen LogP contribution in [0.3, 0.4) is 0 Å². The van der Waals surface area contributed by atoms with Crippen LogP contribution in [-0.2, 0) is 11.2 Å². The lowest BCUT2D eigenvalue weighted by atomic mass is 9.92. The number of anilines is 1. The van der Waals surface area contributed by atoms with Crippen molar-refractivity contribution in [2.75, 3.05) is 18.0 Å². The summed E-state index contributed by atoms with van der Waals surface area (Å²) in [6, 6.07) is 12.0. The van der Waals surface area contributed by atoms with Gasteiger partial charge in [0.1, 0.15) is 11.5 Å². The summed E-state index contributed by atoms with van der Waals surface area (Å²) in [6.45, 7) is 11.6. The third kappa shape index (κ3) is 4.27. The second kappa shape index (κ2) is 9.44. The number of aromatic nitrogens is 2. The van der Waals surface area contributed by atoms with Crippen LogP contribution in [0.1, 0.15) is 50.6 Å². The molecule has 0 bridgehead atoms. The number of carbonyl (C=O) groups excluding carboxylic acids is 1. The van der Waals surface area contributed by atoms with E-state index in [1.54, 1.807) is 12.1 Å². The summed E-state index contributed by atoms with van der Waals surface area (Å²) in [6.07, 6.45) is 9.86. The number of ether oxygens (including phenoxy) is 1. The molecule has 1 aliphatic carbocycles. The van der Waals surface area contributed by atoms with Crippen LogP contribution in [0.4, 0.5) is 11.4 Å². The van der Waals surface area contributed by atoms with Crippen molar-refractivity contribution in [2.45, 2.75) is 57.5 Å². The number of nitrogens with zero attached hydrogens (tertiary/aromatic N) is 4. The first-order valence-corrected chi connectivity index (χ1v) is 13.0. The molecule has 0 unspecified atom stereocenters. The lowest BCUT2D eigenvalue weighted by Crippen LogP contribution is -2.43. The number of hydrogen-bond donors (Lipinski definition) is 1. The highest BCUT2D eigenvalue weighted by Crippen LogP contribution is 2.46. The van der Waals surface area contributed by atoms with Gasteiger partial charge >= 0.3 is 0 Å². The minimum absolute atomic E-state index is 0.154. The Morgan fingerprint density at radius 3 is 2.75 bits per heavy atom. The Hall–Kier alpha value is -3.63. The number of piperidine rings is 1. The largest absolute Gasteiger partial charge is 0.458 e. The van der Waals surface area contributed by atoms with E-state index < -0.39 is 0 Å². The van der Waals surface area contributed by atoms with Gasteiger partial charge in [0.05, 0.1) is 24.5 Å². The summed E-state index contributed by atoms with van der Waals surface area (Å²) in [4.78, 5) is 18.8. The van der Waals surface area contributed by atoms with Crippen LogP contribution in [0, 0.1) is 12.5 Å². The third-order valence-corrected chi connectivity index (χ3v) is 7.67. The van der Waals surface area contributed by atoms with E-state index in [1.165, 1.54) is 0 Å². The van der Waals surface area contributed by atoms with E-state index in [2.05, 4.69) is 40.1 Å². The molecule has 0 radical (unpaired) electrons. The molecule has 3 aliphatic rings. The van der Waals surface area contributed by atoms with E-state index in [-0.39, 0.29) is 17.9 Å². The predicted octanol–water partition coefficient (Wildman–Crippen LogP) is 5.90. The summed E-state index contributed by atoms with van der Waals surface area (Å²) in [5.74, 6) is 1.78. The Kier molecular flexibility index (Phi) is 5.98. The maximum atomic E-state index is 13.3. The fourth-order valence-electron chi connectivity index (χ4n) is 5.49. The summed E-state index contributed by atoms with van der Waals surface area (Å²) < 4.78 is 8.66. The number of rotatable bonds is 5. The highest BCUT2D eigenvalue weighted by atomic mass is 16.5. The lowest BCUT2D eigenvalue weighted by Gasteiger charge is -2.36. The monoisotopic (exact) mass is 481 g/mol. The van der Waals surface area contributed by atoms with Crippen LogP contribution in [0.15, 0.2) is 48.8 Å². The molecule has 1 amide bonds. The molecular formula is C29H31N5O2. The van der Waals surface area contributed by atoms with Crippen molar-refractivity contribution in [3.63, 3.8) is 0 Å². The van der Waals surface area contributed by atoms with Crippen molar-refractivity contribution < 1.29 is 9.53 Å². The average Bonchev–Trinajstić information content (AvgIpc) is 3.65. The fourth-order valence-corrected chi connectivity index (χ4v) is 5.49. The van der Waals surface area contributed by atoms with Crippen molar-refractivity contribution in [1.82, 2.24) is 15.1 Å². The van der Waals surface area contributed by atoms with E-state index in [0.29, 0.717) is 17.5 Å². The normalized spacial score (nSPS) is 20.0. The molecule has 3 aromatic rings. The highest BCUT2D eigenvalue weighted by molar-refractivity contribution is 5.99. The second-order valence-electron chi connectivity index (χ2n) is 10.2. The zero-order valence-electron chi connectivity index (χ0n) is 20.6. The Balaban J connectivity index is 1.44. The van der Waals surface area contributed by atoms with Crippen LogP contribution in [-0.4, -0.2) is 34.8 Å². The first kappa shape index (κ1) is 22.8. The Morgan fingerprint density at radius 1 is 1.14 bits per heavy atom. The molecular weight excluding hydrogens is 450 g/mol. The van der Waals surface area contributed by atoms with Gasteiger partial charge in [0.2, 0.25) is 5.91 Å². The van der Waals surface area contributed by atoms with Gasteiger partial charge in [-0.05, 0) is 82.8 Å². The van der Waals surface area contributed by atoms with Gasteiger partial charge in [0.25, 0.3) is 0 Å². The Bertz CT molecular complexity index is 1330. The van der Waals surface area contributed by atoms with Crippen LogP contribution >= 0.6 is 0 Å². The molecule has 1 aromatic heterocycles. The van der Waals surface area contributed by atoms with Gasteiger partial charge in [0.15, 0.2) is 5.69 Å². The average molecular weight is 482 g/mol. The van der Waals surface area contributed by atoms with Gasteiger partial charge in [-0.1, -0.05) is 12.1 Å². The molecule has 3 heterocycles. The molecule has 2 aromatic carbocycles. The molecule has 2 aliphatic heterocycles. The number of hydrogen-bond acceptors (Lipinski definition) is 4. The molecule has 0 spiro atoms. The van der Waals surface area contributed by atoms with E-state index in [4.69, 9.17) is 16.4 Å². The summed E-state index contributed by atoms with van der Waals surface area (Å²) >= 11 is 0. The summed E-state index contributed by atoms with van der Waals surface area (Å²) in [5.41, 5.74) is 4.53. The molecule has 2 fully saturated rings. The molecule has 36 heavy (non-hydrogen) atoms. The minimum atomic E-state index is 0.154. The zero-order valence-corrected chi connectivity index (χ0v) is 20.6. The van der Waals surface area contributed by atoms with Crippen LogP contribution in [0.2, 0.25) is 0 Å². The van der Waals surface area contributed by atoms with Gasteiger partial charge in [-0.15, -0.1) is 0 Å². The van der Waals surface area contributed by atoms with Crippen molar-refractivity contribution in [1.29, 1.82) is 0 Å². The molecule has 1 saturated carbocycles. The Labute approximate surface area is 211 Å². The van der Waals surface area contributed by atoms with Crippen molar-refractivity contribution in [2.24, 2.45) is 5.92 Å². The Morgan fingerprint density at radius 2 is 1.97 bits per heavy atom. The van der Waals surface area contributed by atoms with Crippen molar-refractivity contribution >= 4 is 17.3 Å². The maximum Gasteiger partial charge on any atom is 0.230 e. The lowest BCUT2D eigenvalue weighted by molar-refractivity contribution is -0.120. The maximum absolute atomic E-state index is 13.3. The molecule has 7 heteroatoms. The predicted molar refractivity (Wildman–Crippen MR) is 140 cm³/mol. The number of amides is 1. The quantitative estimate of drug-likeness (QED) is 0.461. The molecule has 1 saturated heterocycles. The van der Waals surface area contributed by atoms with Crippen LogP contribution in [0.25, 0.3) is 16.0 Å². The zero-order chi connectivity index (χ0) is 24.6. The topological polar surface area (TPSA) is 63.8 Å². The minimum Gasteiger partial charge on any atom is -0.458 e. The molecule has 1 atom stereocenters. The molecule has 7 nitrogen and oxygen atoms in total. The summed E-state index contributed by atoms with van der Waals surface area (Å²) in [7, 11) is 0.